The number of aryl methyl sites for hydroxylation is 2. The molecule has 0 fully saturated rings. The summed E-state index contributed by atoms with van der Waals surface area (Å²) < 4.78 is 0. The summed E-state index contributed by atoms with van der Waals surface area (Å²) in [6, 6.07) is 6.63. The number of nitrogens with zero attached hydrogens (tertiary/aromatic N) is 2. The third-order valence-electron chi connectivity index (χ3n) is 3.73. The van der Waals surface area contributed by atoms with E-state index >= 15 is 0 Å². The number of nitrogens with one attached hydrogen (secondary N) is 1. The summed E-state index contributed by atoms with van der Waals surface area (Å²) in [5.41, 5.74) is 9.51. The van der Waals surface area contributed by atoms with Crippen LogP contribution in [0.5, 0.6) is 0 Å². The van der Waals surface area contributed by atoms with E-state index in [1.807, 2.05) is 6.07 Å². The highest BCUT2D eigenvalue weighted by atomic mass is 127. The molecule has 0 aliphatic rings. The Balaban J connectivity index is 0.00000441. The lowest BCUT2D eigenvalue weighted by atomic mass is 10.0. The standard InChI is InChI=1S/C17H30N4.HI/c1-12(2)9-16(21(5)6)11-19-17(18)20-15-8-7-13(3)14(4)10-15;/h7-8,10,12,16H,9,11H2,1-6H3,(H3,18,19,20);1H. The molecule has 0 radical (unpaired) electrons. The van der Waals surface area contributed by atoms with Crippen LogP contribution in [0, 0.1) is 19.8 Å². The number of benzene rings is 1. The van der Waals surface area contributed by atoms with Crippen LogP contribution >= 0.6 is 24.0 Å². The van der Waals surface area contributed by atoms with E-state index in [1.54, 1.807) is 0 Å². The molecular formula is C17H31IN4. The minimum atomic E-state index is 0. The van der Waals surface area contributed by atoms with Crippen molar-refractivity contribution in [3.05, 3.63) is 29.3 Å². The lowest BCUT2D eigenvalue weighted by molar-refractivity contribution is 0.261. The zero-order valence-corrected chi connectivity index (χ0v) is 17.0. The van der Waals surface area contributed by atoms with Crippen LogP contribution in [-0.4, -0.2) is 37.5 Å². The topological polar surface area (TPSA) is 53.6 Å². The number of guanidine groups is 1. The molecule has 126 valence electrons. The van der Waals surface area contributed by atoms with Gasteiger partial charge in [-0.1, -0.05) is 19.9 Å². The lowest BCUT2D eigenvalue weighted by Crippen LogP contribution is -2.34. The molecule has 0 aliphatic heterocycles. The molecule has 0 heterocycles. The van der Waals surface area contributed by atoms with Crippen LogP contribution in [0.2, 0.25) is 0 Å². The number of hydrogen-bond acceptors (Lipinski definition) is 2. The molecule has 1 atom stereocenters. The number of nitrogens with two attached hydrogens (primary N) is 1. The van der Waals surface area contributed by atoms with Gasteiger partial charge >= 0.3 is 0 Å². The third-order valence-corrected chi connectivity index (χ3v) is 3.73. The number of halogens is 1. The van der Waals surface area contributed by atoms with Gasteiger partial charge in [-0.2, -0.15) is 0 Å². The minimum absolute atomic E-state index is 0. The zero-order valence-electron chi connectivity index (χ0n) is 14.7. The monoisotopic (exact) mass is 418 g/mol. The zero-order chi connectivity index (χ0) is 16.0. The van der Waals surface area contributed by atoms with E-state index < -0.39 is 0 Å². The summed E-state index contributed by atoms with van der Waals surface area (Å²) in [4.78, 5) is 6.70. The van der Waals surface area contributed by atoms with Gasteiger partial charge in [-0.15, -0.1) is 24.0 Å². The molecule has 5 heteroatoms. The number of hydrogen-bond donors (Lipinski definition) is 2. The minimum Gasteiger partial charge on any atom is -0.370 e. The van der Waals surface area contributed by atoms with Crippen molar-refractivity contribution in [3.8, 4) is 0 Å². The van der Waals surface area contributed by atoms with E-state index in [0.717, 1.165) is 18.7 Å². The molecule has 1 aromatic carbocycles. The molecule has 0 saturated carbocycles. The molecule has 22 heavy (non-hydrogen) atoms. The highest BCUT2D eigenvalue weighted by Gasteiger charge is 2.12. The van der Waals surface area contributed by atoms with Gasteiger partial charge in [0.15, 0.2) is 5.96 Å². The molecule has 1 rings (SSSR count). The normalized spacial score (nSPS) is 13.2. The molecule has 0 bridgehead atoms. The van der Waals surface area contributed by atoms with Gasteiger partial charge in [0.05, 0.1) is 6.54 Å². The Morgan fingerprint density at radius 2 is 1.86 bits per heavy atom. The Hall–Kier alpha value is -0.820. The van der Waals surface area contributed by atoms with Crippen LogP contribution in [0.1, 0.15) is 31.4 Å². The Morgan fingerprint density at radius 3 is 2.36 bits per heavy atom. The van der Waals surface area contributed by atoms with Crippen molar-refractivity contribution < 1.29 is 0 Å². The first-order chi connectivity index (χ1) is 9.79. The van der Waals surface area contributed by atoms with E-state index in [2.05, 4.69) is 69.1 Å². The fourth-order valence-electron chi connectivity index (χ4n) is 2.20. The molecule has 0 aliphatic carbocycles. The molecule has 0 aromatic heterocycles. The SMILES string of the molecule is Cc1ccc(NC(N)=NCC(CC(C)C)N(C)C)cc1C.I. The van der Waals surface area contributed by atoms with Crippen molar-refractivity contribution in [2.75, 3.05) is 26.0 Å². The maximum absolute atomic E-state index is 5.99. The first-order valence-corrected chi connectivity index (χ1v) is 7.60. The average Bonchev–Trinajstić information content (AvgIpc) is 2.38. The van der Waals surface area contributed by atoms with Crippen molar-refractivity contribution in [3.63, 3.8) is 0 Å². The van der Waals surface area contributed by atoms with E-state index in [0.29, 0.717) is 17.9 Å². The summed E-state index contributed by atoms with van der Waals surface area (Å²) in [7, 11) is 4.19. The number of rotatable bonds is 6. The van der Waals surface area contributed by atoms with Crippen LogP contribution in [0.3, 0.4) is 0 Å². The van der Waals surface area contributed by atoms with Gasteiger partial charge in [0, 0.05) is 11.7 Å². The van der Waals surface area contributed by atoms with Crippen molar-refractivity contribution in [1.29, 1.82) is 0 Å². The first-order valence-electron chi connectivity index (χ1n) is 7.60. The number of anilines is 1. The largest absolute Gasteiger partial charge is 0.370 e. The fraction of sp³-hybridized carbons (Fsp3) is 0.588. The van der Waals surface area contributed by atoms with Crippen molar-refractivity contribution >= 4 is 35.6 Å². The van der Waals surface area contributed by atoms with E-state index in [4.69, 9.17) is 5.73 Å². The second kappa shape index (κ2) is 10.0. The van der Waals surface area contributed by atoms with Gasteiger partial charge in [-0.3, -0.25) is 4.99 Å². The molecule has 1 unspecified atom stereocenters. The van der Waals surface area contributed by atoms with Gasteiger partial charge in [0.25, 0.3) is 0 Å². The summed E-state index contributed by atoms with van der Waals surface area (Å²) in [6.07, 6.45) is 1.12. The highest BCUT2D eigenvalue weighted by Crippen LogP contribution is 2.14. The summed E-state index contributed by atoms with van der Waals surface area (Å²) in [6.45, 7) is 9.38. The second-order valence-corrected chi connectivity index (χ2v) is 6.40. The Kier molecular flexibility index (Phi) is 9.67. The highest BCUT2D eigenvalue weighted by molar-refractivity contribution is 14.0. The Labute approximate surface area is 152 Å². The predicted molar refractivity (Wildman–Crippen MR) is 108 cm³/mol. The number of likely N-dealkylation sites (N-methyl/N-ethyl adjacent to an activating group) is 1. The molecular weight excluding hydrogens is 387 g/mol. The van der Waals surface area contributed by atoms with E-state index in [9.17, 15) is 0 Å². The molecule has 0 amide bonds. The number of aliphatic imine (C=N–C) groups is 1. The predicted octanol–water partition coefficient (Wildman–Crippen LogP) is 3.62. The van der Waals surface area contributed by atoms with E-state index in [1.165, 1.54) is 11.1 Å². The van der Waals surface area contributed by atoms with Crippen LogP contribution in [0.4, 0.5) is 5.69 Å². The van der Waals surface area contributed by atoms with Crippen LogP contribution < -0.4 is 11.1 Å². The lowest BCUT2D eigenvalue weighted by Gasteiger charge is -2.24. The van der Waals surface area contributed by atoms with Gasteiger partial charge in [0.1, 0.15) is 0 Å². The third kappa shape index (κ3) is 7.45. The molecule has 0 spiro atoms. The maximum atomic E-state index is 5.99. The van der Waals surface area contributed by atoms with Crippen LogP contribution in [-0.2, 0) is 0 Å². The van der Waals surface area contributed by atoms with Crippen LogP contribution in [0.15, 0.2) is 23.2 Å². The van der Waals surface area contributed by atoms with Crippen molar-refractivity contribution in [2.24, 2.45) is 16.6 Å². The van der Waals surface area contributed by atoms with Crippen LogP contribution in [0.25, 0.3) is 0 Å². The smallest absolute Gasteiger partial charge is 0.193 e. The van der Waals surface area contributed by atoms with Gasteiger partial charge in [-0.25, -0.2) is 0 Å². The molecule has 4 nitrogen and oxygen atoms in total. The van der Waals surface area contributed by atoms with Crippen molar-refractivity contribution in [1.82, 2.24) is 4.90 Å². The molecule has 1 aromatic rings. The molecule has 0 saturated heterocycles. The molecule has 3 N–H and O–H groups in total. The first kappa shape index (κ1) is 21.2. The van der Waals surface area contributed by atoms with Crippen molar-refractivity contribution in [2.45, 2.75) is 40.2 Å². The average molecular weight is 418 g/mol. The van der Waals surface area contributed by atoms with Gasteiger partial charge in [0.2, 0.25) is 0 Å². The van der Waals surface area contributed by atoms with E-state index in [-0.39, 0.29) is 24.0 Å². The van der Waals surface area contributed by atoms with Gasteiger partial charge < -0.3 is 16.0 Å². The Morgan fingerprint density at radius 1 is 1.23 bits per heavy atom. The van der Waals surface area contributed by atoms with Gasteiger partial charge in [-0.05, 0) is 63.5 Å². The maximum Gasteiger partial charge on any atom is 0.193 e. The fourth-order valence-corrected chi connectivity index (χ4v) is 2.20. The summed E-state index contributed by atoms with van der Waals surface area (Å²) in [5.74, 6) is 1.13. The Bertz CT molecular complexity index is 484. The second-order valence-electron chi connectivity index (χ2n) is 6.40. The summed E-state index contributed by atoms with van der Waals surface area (Å²) in [5, 5.41) is 3.17. The summed E-state index contributed by atoms with van der Waals surface area (Å²) >= 11 is 0. The quantitative estimate of drug-likeness (QED) is 0.422.